The Morgan fingerprint density at radius 2 is 2.04 bits per heavy atom. The van der Waals surface area contributed by atoms with Crippen LogP contribution in [0.3, 0.4) is 0 Å². The summed E-state index contributed by atoms with van der Waals surface area (Å²) in [7, 11) is 1.88. The molecule has 2 aromatic rings. The van der Waals surface area contributed by atoms with Crippen molar-refractivity contribution >= 4 is 17.3 Å². The molecule has 0 spiro atoms. The van der Waals surface area contributed by atoms with Gasteiger partial charge in [-0.1, -0.05) is 0 Å². The lowest BCUT2D eigenvalue weighted by Crippen LogP contribution is -2.38. The number of carbonyl (C=O) groups excluding carboxylic acids is 1. The number of nitrogen functional groups attached to an aromatic ring is 1. The summed E-state index contributed by atoms with van der Waals surface area (Å²) in [6, 6.07) is 3.01. The largest absolute Gasteiger partial charge is 0.393 e. The molecule has 2 heterocycles. The second-order valence-corrected chi connectivity index (χ2v) is 6.52. The number of anilines is 1. The smallest absolute Gasteiger partial charge is 0.293 e. The third-order valence-corrected chi connectivity index (χ3v) is 4.71. The van der Waals surface area contributed by atoms with Gasteiger partial charge >= 0.3 is 0 Å². The molecular formula is C17H21N5O3. The minimum Gasteiger partial charge on any atom is -0.393 e. The minimum absolute atomic E-state index is 0.0602. The van der Waals surface area contributed by atoms with Crippen molar-refractivity contribution in [3.8, 4) is 0 Å². The van der Waals surface area contributed by atoms with E-state index in [1.54, 1.807) is 22.6 Å². The maximum atomic E-state index is 12.8. The fraction of sp³-hybridized carbons (Fsp3) is 0.412. The molecule has 8 nitrogen and oxygen atoms in total. The van der Waals surface area contributed by atoms with Gasteiger partial charge in [-0.3, -0.25) is 19.6 Å². The Morgan fingerprint density at radius 3 is 2.60 bits per heavy atom. The van der Waals surface area contributed by atoms with Crippen molar-refractivity contribution in [3.05, 3.63) is 51.3 Å². The highest BCUT2D eigenvalue weighted by atomic mass is 16.6. The number of benzene rings is 1. The van der Waals surface area contributed by atoms with Crippen molar-refractivity contribution in [2.75, 3.05) is 18.8 Å². The summed E-state index contributed by atoms with van der Waals surface area (Å²) in [6.45, 7) is 2.91. The highest BCUT2D eigenvalue weighted by molar-refractivity contribution is 6.01. The molecule has 1 fully saturated rings. The Bertz CT molecular complexity index is 822. The topological polar surface area (TPSA) is 107 Å². The zero-order chi connectivity index (χ0) is 18.1. The molecule has 3 rings (SSSR count). The van der Waals surface area contributed by atoms with E-state index in [-0.39, 0.29) is 22.8 Å². The molecule has 0 unspecified atom stereocenters. The van der Waals surface area contributed by atoms with Crippen LogP contribution in [0.2, 0.25) is 0 Å². The molecule has 1 saturated heterocycles. The average Bonchev–Trinajstić information content (AvgIpc) is 3.02. The highest BCUT2D eigenvalue weighted by Gasteiger charge is 2.28. The van der Waals surface area contributed by atoms with Crippen molar-refractivity contribution in [2.24, 2.45) is 7.05 Å². The maximum Gasteiger partial charge on any atom is 0.293 e. The number of hydrogen-bond acceptors (Lipinski definition) is 5. The van der Waals surface area contributed by atoms with Crippen LogP contribution in [0.5, 0.6) is 0 Å². The number of nitro benzene ring substituents is 1. The summed E-state index contributed by atoms with van der Waals surface area (Å²) in [5.41, 5.74) is 7.65. The first-order chi connectivity index (χ1) is 11.9. The second-order valence-electron chi connectivity index (χ2n) is 6.52. The number of aromatic nitrogens is 2. The minimum atomic E-state index is -0.548. The molecule has 1 amide bonds. The lowest BCUT2D eigenvalue weighted by Gasteiger charge is -2.32. The average molecular weight is 343 g/mol. The van der Waals surface area contributed by atoms with Gasteiger partial charge in [-0.2, -0.15) is 5.10 Å². The van der Waals surface area contributed by atoms with Crippen molar-refractivity contribution < 1.29 is 9.72 Å². The Kier molecular flexibility index (Phi) is 4.43. The third-order valence-electron chi connectivity index (χ3n) is 4.71. The van der Waals surface area contributed by atoms with Gasteiger partial charge in [0.2, 0.25) is 0 Å². The normalized spacial score (nSPS) is 15.4. The molecule has 0 aliphatic carbocycles. The van der Waals surface area contributed by atoms with E-state index in [0.29, 0.717) is 24.6 Å². The van der Waals surface area contributed by atoms with E-state index in [4.69, 9.17) is 5.73 Å². The number of carbonyl (C=O) groups is 1. The van der Waals surface area contributed by atoms with E-state index in [2.05, 4.69) is 5.10 Å². The summed E-state index contributed by atoms with van der Waals surface area (Å²) in [6.07, 6.45) is 5.55. The first-order valence-electron chi connectivity index (χ1n) is 8.19. The molecule has 2 N–H and O–H groups in total. The summed E-state index contributed by atoms with van der Waals surface area (Å²) in [5, 5.41) is 15.3. The Balaban J connectivity index is 1.76. The van der Waals surface area contributed by atoms with E-state index in [9.17, 15) is 14.9 Å². The summed E-state index contributed by atoms with van der Waals surface area (Å²) >= 11 is 0. The summed E-state index contributed by atoms with van der Waals surface area (Å²) < 4.78 is 1.78. The number of nitro groups is 1. The monoisotopic (exact) mass is 343 g/mol. The van der Waals surface area contributed by atoms with Crippen molar-refractivity contribution in [3.63, 3.8) is 0 Å². The van der Waals surface area contributed by atoms with E-state index >= 15 is 0 Å². The van der Waals surface area contributed by atoms with Crippen LogP contribution < -0.4 is 5.73 Å². The zero-order valence-electron chi connectivity index (χ0n) is 14.3. The number of nitrogens with zero attached hydrogens (tertiary/aromatic N) is 4. The van der Waals surface area contributed by atoms with Crippen LogP contribution in [0.15, 0.2) is 24.5 Å². The van der Waals surface area contributed by atoms with E-state index in [0.717, 1.165) is 12.8 Å². The van der Waals surface area contributed by atoms with Crippen LogP contribution in [0.25, 0.3) is 0 Å². The quantitative estimate of drug-likeness (QED) is 0.522. The van der Waals surface area contributed by atoms with Gasteiger partial charge in [0.05, 0.1) is 16.7 Å². The van der Waals surface area contributed by atoms with Crippen LogP contribution in [-0.2, 0) is 7.05 Å². The van der Waals surface area contributed by atoms with Crippen molar-refractivity contribution in [1.29, 1.82) is 0 Å². The Labute approximate surface area is 145 Å². The molecule has 1 aliphatic heterocycles. The predicted octanol–water partition coefficient (Wildman–Crippen LogP) is 2.24. The molecular weight excluding hydrogens is 322 g/mol. The summed E-state index contributed by atoms with van der Waals surface area (Å²) in [5.74, 6) is 0.135. The Morgan fingerprint density at radius 1 is 1.36 bits per heavy atom. The summed E-state index contributed by atoms with van der Waals surface area (Å²) in [4.78, 5) is 25.1. The second kappa shape index (κ2) is 6.54. The number of hydrogen-bond donors (Lipinski definition) is 1. The SMILES string of the molecule is Cc1cc(C(=O)N2CCC(c3cnn(C)c3)CC2)c(N)c([N+](=O)[O-])c1. The number of nitrogens with two attached hydrogens (primary N) is 1. The molecule has 25 heavy (non-hydrogen) atoms. The molecule has 0 saturated carbocycles. The van der Waals surface area contributed by atoms with Gasteiger partial charge in [0.25, 0.3) is 11.6 Å². The molecule has 8 heteroatoms. The van der Waals surface area contributed by atoms with Crippen LogP contribution in [0.4, 0.5) is 11.4 Å². The van der Waals surface area contributed by atoms with Gasteiger partial charge in [0.1, 0.15) is 5.69 Å². The van der Waals surface area contributed by atoms with Gasteiger partial charge in [0.15, 0.2) is 0 Å². The molecule has 0 bridgehead atoms. The van der Waals surface area contributed by atoms with Gasteiger partial charge in [-0.05, 0) is 42.9 Å². The third kappa shape index (κ3) is 3.33. The number of rotatable bonds is 3. The van der Waals surface area contributed by atoms with Crippen LogP contribution >= 0.6 is 0 Å². The van der Waals surface area contributed by atoms with Crippen molar-refractivity contribution in [1.82, 2.24) is 14.7 Å². The lowest BCUT2D eigenvalue weighted by atomic mass is 9.91. The van der Waals surface area contributed by atoms with Gasteiger partial charge in [0, 0.05) is 32.4 Å². The van der Waals surface area contributed by atoms with Gasteiger partial charge in [-0.15, -0.1) is 0 Å². The molecule has 0 radical (unpaired) electrons. The number of amides is 1. The maximum absolute atomic E-state index is 12.8. The van der Waals surface area contributed by atoms with Gasteiger partial charge < -0.3 is 10.6 Å². The van der Waals surface area contributed by atoms with Crippen LogP contribution in [-0.4, -0.2) is 38.6 Å². The first-order valence-corrected chi connectivity index (χ1v) is 8.19. The number of piperidine rings is 1. The van der Waals surface area contributed by atoms with Crippen LogP contribution in [0.1, 0.15) is 40.2 Å². The standard InChI is InChI=1S/C17H21N5O3/c1-11-7-14(16(18)15(8-11)22(24)25)17(23)21-5-3-12(4-6-21)13-9-19-20(2)10-13/h7-10,12H,3-6,18H2,1-2H3. The molecule has 0 atom stereocenters. The first kappa shape index (κ1) is 16.9. The van der Waals surface area contributed by atoms with Gasteiger partial charge in [-0.25, -0.2) is 0 Å². The highest BCUT2D eigenvalue weighted by Crippen LogP contribution is 2.31. The molecule has 1 aromatic heterocycles. The van der Waals surface area contributed by atoms with E-state index in [1.165, 1.54) is 11.6 Å². The number of aryl methyl sites for hydroxylation is 2. The fourth-order valence-electron chi connectivity index (χ4n) is 3.34. The lowest BCUT2D eigenvalue weighted by molar-refractivity contribution is -0.384. The molecule has 132 valence electrons. The number of likely N-dealkylation sites (tertiary alicyclic amines) is 1. The Hall–Kier alpha value is -2.90. The van der Waals surface area contributed by atoms with Crippen LogP contribution in [0, 0.1) is 17.0 Å². The fourth-order valence-corrected chi connectivity index (χ4v) is 3.34. The van der Waals surface area contributed by atoms with E-state index < -0.39 is 4.92 Å². The zero-order valence-corrected chi connectivity index (χ0v) is 14.3. The molecule has 1 aliphatic rings. The molecule has 1 aromatic carbocycles. The van der Waals surface area contributed by atoms with E-state index in [1.807, 2.05) is 19.4 Å². The predicted molar refractivity (Wildman–Crippen MR) is 93.3 cm³/mol. The van der Waals surface area contributed by atoms with Crippen molar-refractivity contribution in [2.45, 2.75) is 25.7 Å².